The molecule has 1 N–H and O–H groups in total. The van der Waals surface area contributed by atoms with Crippen molar-refractivity contribution in [2.24, 2.45) is 0 Å². The van der Waals surface area contributed by atoms with E-state index in [9.17, 15) is 14.7 Å². The van der Waals surface area contributed by atoms with Crippen molar-refractivity contribution < 1.29 is 14.7 Å². The molecule has 1 aromatic carbocycles. The monoisotopic (exact) mass is 334 g/mol. The first kappa shape index (κ1) is 15.1. The Labute approximate surface area is 136 Å². The second-order valence-corrected chi connectivity index (χ2v) is 6.71. The van der Waals surface area contributed by atoms with Crippen LogP contribution in [0.5, 0.6) is 0 Å². The molecule has 1 aliphatic carbocycles. The van der Waals surface area contributed by atoms with Crippen LogP contribution in [-0.4, -0.2) is 11.9 Å². The normalized spacial score (nSPS) is 13.5. The number of hydrogen-bond acceptors (Lipinski definition) is 4. The number of benzene rings is 1. The molecule has 0 spiro atoms. The first-order chi connectivity index (χ1) is 10.6. The van der Waals surface area contributed by atoms with Crippen LogP contribution in [0.4, 0.5) is 5.00 Å². The molecule has 0 radical (unpaired) electrons. The van der Waals surface area contributed by atoms with Gasteiger partial charge in [-0.3, -0.25) is 4.79 Å². The topological polar surface area (TPSA) is 69.2 Å². The highest BCUT2D eigenvalue weighted by atomic mass is 35.5. The molecule has 6 heteroatoms. The van der Waals surface area contributed by atoms with Crippen molar-refractivity contribution in [1.82, 2.24) is 0 Å². The number of rotatable bonds is 3. The van der Waals surface area contributed by atoms with E-state index in [1.54, 1.807) is 24.3 Å². The number of halogens is 1. The summed E-state index contributed by atoms with van der Waals surface area (Å²) in [7, 11) is 0. The Balaban J connectivity index is 1.91. The van der Waals surface area contributed by atoms with Crippen LogP contribution in [0.3, 0.4) is 0 Å². The summed E-state index contributed by atoms with van der Waals surface area (Å²) in [5.74, 6) is -1.58. The Morgan fingerprint density at radius 3 is 2.50 bits per heavy atom. The summed E-state index contributed by atoms with van der Waals surface area (Å²) in [6, 6.07) is 6.44. The average Bonchev–Trinajstić information content (AvgIpc) is 2.85. The van der Waals surface area contributed by atoms with Gasteiger partial charge >= 0.3 is 0 Å². The van der Waals surface area contributed by atoms with E-state index in [0.29, 0.717) is 15.6 Å². The maximum absolute atomic E-state index is 12.3. The maximum atomic E-state index is 12.3. The summed E-state index contributed by atoms with van der Waals surface area (Å²) < 4.78 is 0. The summed E-state index contributed by atoms with van der Waals surface area (Å²) in [6.07, 6.45) is 3.60. The highest BCUT2D eigenvalue weighted by molar-refractivity contribution is 7.17. The van der Waals surface area contributed by atoms with Crippen molar-refractivity contribution in [3.8, 4) is 0 Å². The van der Waals surface area contributed by atoms with Crippen LogP contribution < -0.4 is 10.4 Å². The number of anilines is 1. The van der Waals surface area contributed by atoms with Crippen molar-refractivity contribution in [3.05, 3.63) is 50.9 Å². The fraction of sp³-hybridized carbons (Fsp3) is 0.250. The molecule has 0 bridgehead atoms. The lowest BCUT2D eigenvalue weighted by Crippen LogP contribution is -2.25. The molecule has 0 aliphatic heterocycles. The lowest BCUT2D eigenvalue weighted by Gasteiger charge is -2.13. The SMILES string of the molecule is O=C(Nc1sc2c(c1C(=O)[O-])CCCC2)c1ccc(Cl)cc1. The fourth-order valence-electron chi connectivity index (χ4n) is 2.65. The van der Waals surface area contributed by atoms with Crippen molar-refractivity contribution >= 4 is 39.8 Å². The number of nitrogens with one attached hydrogen (secondary N) is 1. The summed E-state index contributed by atoms with van der Waals surface area (Å²) >= 11 is 7.13. The van der Waals surface area contributed by atoms with E-state index in [1.165, 1.54) is 11.3 Å². The number of hydrogen-bond donors (Lipinski definition) is 1. The summed E-state index contributed by atoms with van der Waals surface area (Å²) in [6.45, 7) is 0. The molecular formula is C16H13ClNO3S-. The Kier molecular flexibility index (Phi) is 4.18. The second-order valence-electron chi connectivity index (χ2n) is 5.16. The van der Waals surface area contributed by atoms with E-state index in [-0.39, 0.29) is 11.5 Å². The average molecular weight is 335 g/mol. The zero-order valence-electron chi connectivity index (χ0n) is 11.6. The number of carboxylic acid groups (broad SMARTS) is 1. The Morgan fingerprint density at radius 1 is 1.14 bits per heavy atom. The number of carboxylic acids is 1. The van der Waals surface area contributed by atoms with Crippen LogP contribution in [0.25, 0.3) is 0 Å². The number of carbonyl (C=O) groups excluding carboxylic acids is 2. The molecule has 0 atom stereocenters. The lowest BCUT2D eigenvalue weighted by atomic mass is 9.95. The van der Waals surface area contributed by atoms with Gasteiger partial charge in [0.1, 0.15) is 5.00 Å². The van der Waals surface area contributed by atoms with Gasteiger partial charge in [0.25, 0.3) is 5.91 Å². The molecule has 0 unspecified atom stereocenters. The standard InChI is InChI=1S/C16H14ClNO3S/c17-10-7-5-9(6-8-10)14(19)18-15-13(16(20)21)11-3-1-2-4-12(11)22-15/h5-8H,1-4H2,(H,18,19)(H,20,21)/p-1. The Bertz CT molecular complexity index is 737. The van der Waals surface area contributed by atoms with E-state index in [2.05, 4.69) is 5.32 Å². The predicted octanol–water partition coefficient (Wildman–Crippen LogP) is 2.90. The molecule has 1 aliphatic rings. The molecule has 1 heterocycles. The summed E-state index contributed by atoms with van der Waals surface area (Å²) in [5.41, 5.74) is 1.39. The maximum Gasteiger partial charge on any atom is 0.256 e. The van der Waals surface area contributed by atoms with Gasteiger partial charge in [-0.2, -0.15) is 0 Å². The van der Waals surface area contributed by atoms with Crippen LogP contribution in [0.2, 0.25) is 5.02 Å². The van der Waals surface area contributed by atoms with Gasteiger partial charge in [0.05, 0.1) is 5.97 Å². The fourth-order valence-corrected chi connectivity index (χ4v) is 4.04. The Hall–Kier alpha value is -1.85. The smallest absolute Gasteiger partial charge is 0.256 e. The predicted molar refractivity (Wildman–Crippen MR) is 84.7 cm³/mol. The third-order valence-corrected chi connectivity index (χ3v) is 5.17. The van der Waals surface area contributed by atoms with Gasteiger partial charge in [-0.15, -0.1) is 11.3 Å². The van der Waals surface area contributed by atoms with Crippen LogP contribution in [0.15, 0.2) is 24.3 Å². The van der Waals surface area contributed by atoms with Gasteiger partial charge in [0.2, 0.25) is 0 Å². The summed E-state index contributed by atoms with van der Waals surface area (Å²) in [4.78, 5) is 24.7. The molecule has 3 rings (SSSR count). The number of aryl methyl sites for hydroxylation is 1. The van der Waals surface area contributed by atoms with Crippen LogP contribution in [-0.2, 0) is 12.8 Å². The first-order valence-corrected chi connectivity index (χ1v) is 8.18. The Morgan fingerprint density at radius 2 is 1.82 bits per heavy atom. The highest BCUT2D eigenvalue weighted by Crippen LogP contribution is 2.38. The van der Waals surface area contributed by atoms with Crippen molar-refractivity contribution in [2.45, 2.75) is 25.7 Å². The number of fused-ring (bicyclic) bond motifs is 1. The number of amides is 1. The molecule has 2 aromatic rings. The van der Waals surface area contributed by atoms with E-state index in [1.807, 2.05) is 0 Å². The van der Waals surface area contributed by atoms with E-state index < -0.39 is 5.97 Å². The van der Waals surface area contributed by atoms with E-state index in [0.717, 1.165) is 36.1 Å². The largest absolute Gasteiger partial charge is 0.545 e. The van der Waals surface area contributed by atoms with Crippen LogP contribution in [0, 0.1) is 0 Å². The van der Waals surface area contributed by atoms with Crippen molar-refractivity contribution in [1.29, 1.82) is 0 Å². The van der Waals surface area contributed by atoms with Crippen LogP contribution >= 0.6 is 22.9 Å². The minimum Gasteiger partial charge on any atom is -0.545 e. The minimum atomic E-state index is -1.23. The molecule has 0 fully saturated rings. The molecular weight excluding hydrogens is 322 g/mol. The number of thiophene rings is 1. The number of aromatic carboxylic acids is 1. The third-order valence-electron chi connectivity index (χ3n) is 3.71. The lowest BCUT2D eigenvalue weighted by molar-refractivity contribution is -0.254. The zero-order chi connectivity index (χ0) is 15.7. The van der Waals surface area contributed by atoms with Crippen LogP contribution in [0.1, 0.15) is 44.0 Å². The summed E-state index contributed by atoms with van der Waals surface area (Å²) in [5, 5.41) is 15.1. The molecule has 1 amide bonds. The van der Waals surface area contributed by atoms with Gasteiger partial charge in [-0.05, 0) is 55.5 Å². The van der Waals surface area contributed by atoms with Gasteiger partial charge in [0.15, 0.2) is 0 Å². The molecule has 1 aromatic heterocycles. The van der Waals surface area contributed by atoms with Crippen molar-refractivity contribution in [2.75, 3.05) is 5.32 Å². The molecule has 0 saturated heterocycles. The number of carbonyl (C=O) groups is 2. The highest BCUT2D eigenvalue weighted by Gasteiger charge is 2.22. The van der Waals surface area contributed by atoms with Gasteiger partial charge < -0.3 is 15.2 Å². The van der Waals surface area contributed by atoms with E-state index >= 15 is 0 Å². The molecule has 114 valence electrons. The third kappa shape index (κ3) is 2.87. The van der Waals surface area contributed by atoms with Crippen molar-refractivity contribution in [3.63, 3.8) is 0 Å². The molecule has 22 heavy (non-hydrogen) atoms. The zero-order valence-corrected chi connectivity index (χ0v) is 13.2. The van der Waals surface area contributed by atoms with E-state index in [4.69, 9.17) is 11.6 Å². The quantitative estimate of drug-likeness (QED) is 0.938. The second kappa shape index (κ2) is 6.10. The minimum absolute atomic E-state index is 0.141. The molecule has 4 nitrogen and oxygen atoms in total. The molecule has 0 saturated carbocycles. The van der Waals surface area contributed by atoms with Gasteiger partial charge in [-0.25, -0.2) is 0 Å². The van der Waals surface area contributed by atoms with Gasteiger partial charge in [-0.1, -0.05) is 11.6 Å². The van der Waals surface area contributed by atoms with Gasteiger partial charge in [0, 0.05) is 21.0 Å². The first-order valence-electron chi connectivity index (χ1n) is 6.99.